The lowest BCUT2D eigenvalue weighted by atomic mass is 10.1. The van der Waals surface area contributed by atoms with Crippen LogP contribution in [-0.2, 0) is 13.1 Å². The Labute approximate surface area is 125 Å². The Morgan fingerprint density at radius 1 is 1.20 bits per heavy atom. The lowest BCUT2D eigenvalue weighted by Gasteiger charge is -2.36. The molecule has 1 aromatic carbocycles. The van der Waals surface area contributed by atoms with Crippen LogP contribution < -0.4 is 5.32 Å². The van der Waals surface area contributed by atoms with E-state index in [1.165, 1.54) is 11.3 Å². The van der Waals surface area contributed by atoms with E-state index in [4.69, 9.17) is 12.2 Å². The van der Waals surface area contributed by atoms with E-state index in [0.29, 0.717) is 6.04 Å². The fraction of sp³-hybridized carbons (Fsp3) is 0.312. The second-order valence-electron chi connectivity index (χ2n) is 5.14. The van der Waals surface area contributed by atoms with E-state index in [1.807, 2.05) is 6.07 Å². The zero-order valence-electron chi connectivity index (χ0n) is 11.6. The third-order valence-corrected chi connectivity index (χ3v) is 4.27. The molecule has 1 aromatic heterocycles. The summed E-state index contributed by atoms with van der Waals surface area (Å²) in [5.74, 6) is 0. The predicted molar refractivity (Wildman–Crippen MR) is 85.4 cm³/mol. The van der Waals surface area contributed by atoms with Gasteiger partial charge in [0.2, 0.25) is 0 Å². The van der Waals surface area contributed by atoms with Crippen molar-refractivity contribution in [1.82, 2.24) is 14.8 Å². The van der Waals surface area contributed by atoms with Gasteiger partial charge in [0, 0.05) is 31.5 Å². The predicted octanol–water partition coefficient (Wildman–Crippen LogP) is 2.94. The second kappa shape index (κ2) is 5.67. The Morgan fingerprint density at radius 3 is 2.80 bits per heavy atom. The molecule has 0 saturated heterocycles. The third-order valence-electron chi connectivity index (χ3n) is 3.89. The molecule has 3 nitrogen and oxygen atoms in total. The first-order valence-corrected chi connectivity index (χ1v) is 7.40. The van der Waals surface area contributed by atoms with Crippen molar-refractivity contribution in [1.29, 1.82) is 0 Å². The van der Waals surface area contributed by atoms with E-state index in [9.17, 15) is 0 Å². The molecule has 3 rings (SSSR count). The van der Waals surface area contributed by atoms with E-state index in [1.54, 1.807) is 0 Å². The molecule has 1 aliphatic rings. The molecule has 0 radical (unpaired) electrons. The van der Waals surface area contributed by atoms with Gasteiger partial charge in [-0.3, -0.25) is 0 Å². The Balaban J connectivity index is 1.64. The molecule has 0 fully saturated rings. The van der Waals surface area contributed by atoms with Crippen LogP contribution in [0.1, 0.15) is 24.2 Å². The molecule has 20 heavy (non-hydrogen) atoms. The first kappa shape index (κ1) is 13.2. The zero-order chi connectivity index (χ0) is 13.9. The highest BCUT2D eigenvalue weighted by Gasteiger charge is 2.24. The molecule has 0 spiro atoms. The monoisotopic (exact) mass is 285 g/mol. The van der Waals surface area contributed by atoms with Crippen molar-refractivity contribution in [2.24, 2.45) is 0 Å². The summed E-state index contributed by atoms with van der Waals surface area (Å²) in [5.41, 5.74) is 2.59. The van der Waals surface area contributed by atoms with Crippen LogP contribution in [0.4, 0.5) is 0 Å². The van der Waals surface area contributed by atoms with Crippen LogP contribution in [0, 0.1) is 0 Å². The first-order valence-electron chi connectivity index (χ1n) is 6.99. The summed E-state index contributed by atoms with van der Waals surface area (Å²) in [7, 11) is 0. The number of benzene rings is 1. The molecule has 104 valence electrons. The Bertz CT molecular complexity index is 591. The van der Waals surface area contributed by atoms with E-state index < -0.39 is 0 Å². The van der Waals surface area contributed by atoms with E-state index >= 15 is 0 Å². The topological polar surface area (TPSA) is 20.2 Å². The summed E-state index contributed by atoms with van der Waals surface area (Å²) >= 11 is 5.56. The number of nitrogens with zero attached hydrogens (tertiary/aromatic N) is 2. The van der Waals surface area contributed by atoms with Gasteiger partial charge in [0.25, 0.3) is 0 Å². The highest BCUT2D eigenvalue weighted by molar-refractivity contribution is 7.80. The summed E-state index contributed by atoms with van der Waals surface area (Å²) < 4.78 is 2.31. The van der Waals surface area contributed by atoms with Crippen LogP contribution in [0.3, 0.4) is 0 Å². The lowest BCUT2D eigenvalue weighted by Crippen LogP contribution is -2.45. The maximum Gasteiger partial charge on any atom is 0.169 e. The normalized spacial score (nSPS) is 17.6. The van der Waals surface area contributed by atoms with Gasteiger partial charge in [-0.2, -0.15) is 0 Å². The fourth-order valence-corrected chi connectivity index (χ4v) is 3.05. The van der Waals surface area contributed by atoms with Crippen molar-refractivity contribution in [3.63, 3.8) is 0 Å². The number of hydrogen-bond acceptors (Lipinski definition) is 1. The number of thiocarbonyl (C=S) groups is 1. The van der Waals surface area contributed by atoms with Crippen molar-refractivity contribution in [2.45, 2.75) is 26.1 Å². The van der Waals surface area contributed by atoms with Crippen molar-refractivity contribution >= 4 is 17.3 Å². The molecule has 2 heterocycles. The van der Waals surface area contributed by atoms with Crippen molar-refractivity contribution in [3.05, 3.63) is 59.9 Å². The molecular weight excluding hydrogens is 266 g/mol. The van der Waals surface area contributed by atoms with Gasteiger partial charge in [0.15, 0.2) is 5.11 Å². The van der Waals surface area contributed by atoms with Gasteiger partial charge in [-0.05, 0) is 36.8 Å². The van der Waals surface area contributed by atoms with Crippen molar-refractivity contribution in [2.75, 3.05) is 6.54 Å². The molecule has 0 bridgehead atoms. The van der Waals surface area contributed by atoms with Gasteiger partial charge in [-0.15, -0.1) is 0 Å². The molecule has 1 N–H and O–H groups in total. The minimum absolute atomic E-state index is 0.328. The van der Waals surface area contributed by atoms with E-state index in [0.717, 1.165) is 24.7 Å². The molecule has 0 aliphatic carbocycles. The number of aromatic nitrogens is 1. The molecule has 2 aromatic rings. The average molecular weight is 285 g/mol. The highest BCUT2D eigenvalue weighted by Crippen LogP contribution is 2.25. The molecular formula is C16H19N3S. The number of hydrogen-bond donors (Lipinski definition) is 1. The zero-order valence-corrected chi connectivity index (χ0v) is 12.4. The largest absolute Gasteiger partial charge is 0.358 e. The summed E-state index contributed by atoms with van der Waals surface area (Å²) in [4.78, 5) is 2.27. The molecule has 4 heteroatoms. The standard InChI is InChI=1S/C16H19N3S/c1-13-15-8-5-9-18(15)10-11-19(13)16(20)17-12-14-6-3-2-4-7-14/h2-9,13H,10-12H2,1H3,(H,17,20)/t13-/m1/s1. The highest BCUT2D eigenvalue weighted by atomic mass is 32.1. The Hall–Kier alpha value is -1.81. The van der Waals surface area contributed by atoms with Crippen molar-refractivity contribution < 1.29 is 0 Å². The fourth-order valence-electron chi connectivity index (χ4n) is 2.73. The van der Waals surface area contributed by atoms with Crippen molar-refractivity contribution in [3.8, 4) is 0 Å². The number of rotatable bonds is 2. The van der Waals surface area contributed by atoms with Gasteiger partial charge in [0.05, 0.1) is 6.04 Å². The van der Waals surface area contributed by atoms with E-state index in [-0.39, 0.29) is 0 Å². The van der Waals surface area contributed by atoms with Gasteiger partial charge >= 0.3 is 0 Å². The SMILES string of the molecule is C[C@@H]1c2cccn2CCN1C(=S)NCc1ccccc1. The quantitative estimate of drug-likeness (QED) is 0.857. The van der Waals surface area contributed by atoms with Crippen LogP contribution in [-0.4, -0.2) is 21.1 Å². The summed E-state index contributed by atoms with van der Waals surface area (Å²) in [5, 5.41) is 4.21. The average Bonchev–Trinajstić information content (AvgIpc) is 2.96. The van der Waals surface area contributed by atoms with Gasteiger partial charge in [-0.1, -0.05) is 30.3 Å². The minimum Gasteiger partial charge on any atom is -0.358 e. The first-order chi connectivity index (χ1) is 9.75. The Kier molecular flexibility index (Phi) is 3.74. The number of nitrogens with one attached hydrogen (secondary N) is 1. The van der Waals surface area contributed by atoms with Crippen LogP contribution >= 0.6 is 12.2 Å². The molecule has 0 unspecified atom stereocenters. The van der Waals surface area contributed by atoms with Crippen LogP contribution in [0.15, 0.2) is 48.7 Å². The van der Waals surface area contributed by atoms with Crippen LogP contribution in [0.5, 0.6) is 0 Å². The maximum atomic E-state index is 5.56. The number of fused-ring (bicyclic) bond motifs is 1. The van der Waals surface area contributed by atoms with Crippen LogP contribution in [0.25, 0.3) is 0 Å². The third kappa shape index (κ3) is 2.56. The summed E-state index contributed by atoms with van der Waals surface area (Å²) in [6.07, 6.45) is 2.14. The molecule has 1 aliphatic heterocycles. The van der Waals surface area contributed by atoms with Gasteiger partial charge in [-0.25, -0.2) is 0 Å². The Morgan fingerprint density at radius 2 is 2.00 bits per heavy atom. The summed E-state index contributed by atoms with van der Waals surface area (Å²) in [6.45, 7) is 4.95. The second-order valence-corrected chi connectivity index (χ2v) is 5.53. The smallest absolute Gasteiger partial charge is 0.169 e. The molecule has 0 saturated carbocycles. The lowest BCUT2D eigenvalue weighted by molar-refractivity contribution is 0.269. The van der Waals surface area contributed by atoms with Crippen LogP contribution in [0.2, 0.25) is 0 Å². The van der Waals surface area contributed by atoms with E-state index in [2.05, 4.69) is 64.3 Å². The minimum atomic E-state index is 0.328. The maximum absolute atomic E-state index is 5.56. The molecule has 0 amide bonds. The van der Waals surface area contributed by atoms with Gasteiger partial charge in [0.1, 0.15) is 0 Å². The molecule has 1 atom stereocenters. The van der Waals surface area contributed by atoms with Gasteiger partial charge < -0.3 is 14.8 Å². The summed E-state index contributed by atoms with van der Waals surface area (Å²) in [6, 6.07) is 15.0.